The predicted molar refractivity (Wildman–Crippen MR) is 96.1 cm³/mol. The molecule has 0 amide bonds. The van der Waals surface area contributed by atoms with Gasteiger partial charge in [-0.1, -0.05) is 27.7 Å². The van der Waals surface area contributed by atoms with Crippen LogP contribution in [0.5, 0.6) is 0 Å². The van der Waals surface area contributed by atoms with E-state index in [2.05, 4.69) is 26.2 Å². The molecule has 2 heterocycles. The molecule has 1 aliphatic rings. The quantitative estimate of drug-likeness (QED) is 0.792. The van der Waals surface area contributed by atoms with Gasteiger partial charge in [0.15, 0.2) is 5.17 Å². The minimum atomic E-state index is -0.422. The summed E-state index contributed by atoms with van der Waals surface area (Å²) in [5.41, 5.74) is 1.53. The Labute approximate surface area is 147 Å². The summed E-state index contributed by atoms with van der Waals surface area (Å²) < 4.78 is 11.8. The Morgan fingerprint density at radius 2 is 2.39 bits per heavy atom. The van der Waals surface area contributed by atoms with Crippen LogP contribution in [0.3, 0.4) is 0 Å². The van der Waals surface area contributed by atoms with E-state index in [9.17, 15) is 4.79 Å². The van der Waals surface area contributed by atoms with Crippen LogP contribution in [0.15, 0.2) is 32.1 Å². The second-order valence-corrected chi connectivity index (χ2v) is 6.91. The molecule has 0 saturated carbocycles. The molecule has 7 heteroatoms. The number of furan rings is 1. The van der Waals surface area contributed by atoms with E-state index < -0.39 is 5.97 Å². The van der Waals surface area contributed by atoms with Crippen LogP contribution in [-0.2, 0) is 10.5 Å². The molecule has 0 aliphatic carbocycles. The number of thioether (sulfide) groups is 1. The Kier molecular flexibility index (Phi) is 5.27. The maximum Gasteiger partial charge on any atom is 0.374 e. The lowest BCUT2D eigenvalue weighted by atomic mass is 10.1. The number of hydrogen-bond donors (Lipinski definition) is 1. The normalized spacial score (nSPS) is 14.4. The highest BCUT2D eigenvalue weighted by Gasteiger charge is 2.22. The highest BCUT2D eigenvalue weighted by atomic mass is 79.9. The van der Waals surface area contributed by atoms with Gasteiger partial charge in [0.25, 0.3) is 0 Å². The third-order valence-electron chi connectivity index (χ3n) is 3.43. The van der Waals surface area contributed by atoms with Gasteiger partial charge in [0.1, 0.15) is 5.58 Å². The minimum Gasteiger partial charge on any atom is -0.460 e. The van der Waals surface area contributed by atoms with E-state index in [0.29, 0.717) is 17.9 Å². The summed E-state index contributed by atoms with van der Waals surface area (Å²) in [6, 6.07) is 5.71. The van der Waals surface area contributed by atoms with Gasteiger partial charge in [-0.05, 0) is 31.5 Å². The lowest BCUT2D eigenvalue weighted by Gasteiger charge is -2.13. The standard InChI is InChI=1S/C16H17BrN2O3S/c1-2-21-15(20)14-12(9-23-16-18-6-3-7-19-16)11-8-10(17)4-5-13(11)22-14/h4-5,8H,2-3,6-7,9H2,1H3,(H,18,19). The van der Waals surface area contributed by atoms with Gasteiger partial charge >= 0.3 is 5.97 Å². The van der Waals surface area contributed by atoms with Crippen LogP contribution in [0.4, 0.5) is 0 Å². The maximum atomic E-state index is 12.2. The number of benzene rings is 1. The number of ether oxygens (including phenoxy) is 1. The fraction of sp³-hybridized carbons (Fsp3) is 0.375. The highest BCUT2D eigenvalue weighted by molar-refractivity contribution is 9.10. The van der Waals surface area contributed by atoms with Gasteiger partial charge in [-0.15, -0.1) is 0 Å². The van der Waals surface area contributed by atoms with E-state index >= 15 is 0 Å². The first-order valence-electron chi connectivity index (χ1n) is 7.48. The van der Waals surface area contributed by atoms with Gasteiger partial charge in [-0.2, -0.15) is 0 Å². The van der Waals surface area contributed by atoms with Crippen LogP contribution >= 0.6 is 27.7 Å². The topological polar surface area (TPSA) is 63.8 Å². The number of nitrogens with one attached hydrogen (secondary N) is 1. The van der Waals surface area contributed by atoms with Crippen molar-refractivity contribution in [2.75, 3.05) is 19.7 Å². The van der Waals surface area contributed by atoms with Crippen molar-refractivity contribution in [3.8, 4) is 0 Å². The smallest absolute Gasteiger partial charge is 0.374 e. The molecule has 0 bridgehead atoms. The summed E-state index contributed by atoms with van der Waals surface area (Å²) >= 11 is 5.05. The van der Waals surface area contributed by atoms with Crippen LogP contribution in [0.1, 0.15) is 29.5 Å². The van der Waals surface area contributed by atoms with Crippen molar-refractivity contribution in [3.63, 3.8) is 0 Å². The average Bonchev–Trinajstić information content (AvgIpc) is 2.92. The largest absolute Gasteiger partial charge is 0.460 e. The van der Waals surface area contributed by atoms with Crippen LogP contribution in [0.25, 0.3) is 11.0 Å². The summed E-state index contributed by atoms with van der Waals surface area (Å²) in [4.78, 5) is 16.6. The van der Waals surface area contributed by atoms with Crippen LogP contribution in [0, 0.1) is 0 Å². The van der Waals surface area contributed by atoms with Gasteiger partial charge in [0.2, 0.25) is 5.76 Å². The minimum absolute atomic E-state index is 0.281. The van der Waals surface area contributed by atoms with Gasteiger partial charge in [0.05, 0.1) is 6.61 Å². The summed E-state index contributed by atoms with van der Waals surface area (Å²) in [6.07, 6.45) is 1.06. The number of carbonyl (C=O) groups excluding carboxylic acids is 1. The summed E-state index contributed by atoms with van der Waals surface area (Å²) in [7, 11) is 0. The molecule has 23 heavy (non-hydrogen) atoms. The molecule has 1 aromatic heterocycles. The summed E-state index contributed by atoms with van der Waals surface area (Å²) in [5.74, 6) is 0.460. The van der Waals surface area contributed by atoms with Gasteiger partial charge in [-0.25, -0.2) is 4.79 Å². The highest BCUT2D eigenvalue weighted by Crippen LogP contribution is 2.32. The van der Waals surface area contributed by atoms with Crippen LogP contribution in [-0.4, -0.2) is 30.8 Å². The van der Waals surface area contributed by atoms with Crippen molar-refractivity contribution >= 4 is 49.8 Å². The van der Waals surface area contributed by atoms with Crippen molar-refractivity contribution in [3.05, 3.63) is 34.0 Å². The van der Waals surface area contributed by atoms with Crippen LogP contribution < -0.4 is 5.32 Å². The number of amidine groups is 1. The van der Waals surface area contributed by atoms with Crippen molar-refractivity contribution in [1.82, 2.24) is 5.32 Å². The zero-order valence-electron chi connectivity index (χ0n) is 12.7. The van der Waals surface area contributed by atoms with Crippen molar-refractivity contribution in [1.29, 1.82) is 0 Å². The first kappa shape index (κ1) is 16.4. The van der Waals surface area contributed by atoms with Gasteiger partial charge in [0, 0.05) is 34.3 Å². The lowest BCUT2D eigenvalue weighted by Crippen LogP contribution is -2.26. The number of rotatable bonds is 4. The Bertz CT molecular complexity index is 757. The van der Waals surface area contributed by atoms with E-state index in [-0.39, 0.29) is 5.76 Å². The Hall–Kier alpha value is -1.47. The Balaban J connectivity index is 1.93. The molecule has 5 nitrogen and oxygen atoms in total. The maximum absolute atomic E-state index is 12.2. The first-order chi connectivity index (χ1) is 11.2. The fourth-order valence-corrected chi connectivity index (χ4v) is 3.69. The third-order valence-corrected chi connectivity index (χ3v) is 4.91. The molecule has 0 unspecified atom stereocenters. The molecule has 0 saturated heterocycles. The molecule has 122 valence electrons. The number of fused-ring (bicyclic) bond motifs is 1. The van der Waals surface area contributed by atoms with Crippen molar-refractivity contribution in [2.45, 2.75) is 19.1 Å². The van der Waals surface area contributed by atoms with Crippen LogP contribution in [0.2, 0.25) is 0 Å². The third kappa shape index (κ3) is 3.72. The zero-order chi connectivity index (χ0) is 16.2. The molecule has 3 rings (SSSR count). The molecule has 0 atom stereocenters. The predicted octanol–water partition coefficient (Wildman–Crippen LogP) is 3.95. The monoisotopic (exact) mass is 396 g/mol. The molecule has 1 aliphatic heterocycles. The summed E-state index contributed by atoms with van der Waals surface area (Å²) in [6.45, 7) is 3.89. The number of aliphatic imine (C=N–C) groups is 1. The first-order valence-corrected chi connectivity index (χ1v) is 9.26. The fourth-order valence-electron chi connectivity index (χ4n) is 2.37. The van der Waals surface area contributed by atoms with E-state index in [1.54, 1.807) is 18.7 Å². The van der Waals surface area contributed by atoms with E-state index in [1.807, 2.05) is 18.2 Å². The lowest BCUT2D eigenvalue weighted by molar-refractivity contribution is 0.0491. The number of esters is 1. The second kappa shape index (κ2) is 7.40. The molecule has 0 spiro atoms. The molecule has 1 N–H and O–H groups in total. The summed E-state index contributed by atoms with van der Waals surface area (Å²) in [5, 5.41) is 5.11. The molecule has 1 aromatic carbocycles. The van der Waals surface area contributed by atoms with Gasteiger partial charge < -0.3 is 14.5 Å². The van der Waals surface area contributed by atoms with E-state index in [0.717, 1.165) is 40.1 Å². The molecule has 0 fully saturated rings. The van der Waals surface area contributed by atoms with Crippen molar-refractivity contribution < 1.29 is 13.9 Å². The van der Waals surface area contributed by atoms with E-state index in [1.165, 1.54) is 0 Å². The van der Waals surface area contributed by atoms with Gasteiger partial charge in [-0.3, -0.25) is 4.99 Å². The zero-order valence-corrected chi connectivity index (χ0v) is 15.1. The second-order valence-electron chi connectivity index (χ2n) is 5.03. The number of hydrogen-bond acceptors (Lipinski definition) is 6. The molecule has 0 radical (unpaired) electrons. The number of nitrogens with zero attached hydrogens (tertiary/aromatic N) is 1. The SMILES string of the molecule is CCOC(=O)c1oc2ccc(Br)cc2c1CSC1=NCCCN1. The average molecular weight is 397 g/mol. The molecular formula is C16H17BrN2O3S. The molecule has 2 aromatic rings. The van der Waals surface area contributed by atoms with Crippen molar-refractivity contribution in [2.24, 2.45) is 4.99 Å². The number of carbonyl (C=O) groups is 1. The van der Waals surface area contributed by atoms with E-state index in [4.69, 9.17) is 9.15 Å². The number of halogens is 1. The Morgan fingerprint density at radius 1 is 1.52 bits per heavy atom. The Morgan fingerprint density at radius 3 is 3.13 bits per heavy atom. The molecular weight excluding hydrogens is 380 g/mol.